The van der Waals surface area contributed by atoms with E-state index in [0.717, 1.165) is 17.1 Å². The van der Waals surface area contributed by atoms with Crippen LogP contribution in [-0.4, -0.2) is 0 Å². The highest BCUT2D eigenvalue weighted by Crippen LogP contribution is 2.65. The standard InChI is InChI=1S/C76H59NS2/c1-73(2,3)51-36-40-57-58-41-37-52(74(4,5)6)45-65(58)76(64(57)44-51)63-27-15-19-31-71(63)79-72-43-39-54(47-67(72)76)77(68-28-16-11-22-55(68)50-34-32-49(33-35-50)48-20-8-7-9-21-48)53-38-42-59-56-23-10-12-24-60(56)75(66(59)46-53)61-25-13-17-29-69(61)78-70-30-18-14-26-62(70)75/h7-47H,1-6H3. The molecule has 2 heterocycles. The third-order valence-corrected chi connectivity index (χ3v) is 19.8. The van der Waals surface area contributed by atoms with E-state index in [1.807, 2.05) is 23.5 Å². The second-order valence-electron chi connectivity index (χ2n) is 24.0. The van der Waals surface area contributed by atoms with Crippen molar-refractivity contribution in [2.45, 2.75) is 82.8 Å². The maximum absolute atomic E-state index is 2.58. The highest BCUT2D eigenvalue weighted by Gasteiger charge is 2.53. The molecule has 2 aliphatic carbocycles. The molecule has 2 aliphatic heterocycles. The summed E-state index contributed by atoms with van der Waals surface area (Å²) in [7, 11) is 0. The predicted molar refractivity (Wildman–Crippen MR) is 332 cm³/mol. The Bertz CT molecular complexity index is 4170. The van der Waals surface area contributed by atoms with Crippen molar-refractivity contribution < 1.29 is 0 Å². The van der Waals surface area contributed by atoms with Gasteiger partial charge in [0, 0.05) is 36.5 Å². The predicted octanol–water partition coefficient (Wildman–Crippen LogP) is 20.7. The summed E-state index contributed by atoms with van der Waals surface area (Å²) in [6, 6.07) is 95.2. The number of nitrogens with zero attached hydrogens (tertiary/aromatic N) is 1. The molecular weight excluding hydrogens is 991 g/mol. The van der Waals surface area contributed by atoms with Crippen LogP contribution in [0.25, 0.3) is 44.5 Å². The first-order valence-corrected chi connectivity index (χ1v) is 29.4. The summed E-state index contributed by atoms with van der Waals surface area (Å²) in [4.78, 5) is 7.77. The number of hydrogen-bond donors (Lipinski definition) is 0. The molecule has 1 nitrogen and oxygen atoms in total. The minimum absolute atomic E-state index is 0.0579. The minimum atomic E-state index is -0.602. The second-order valence-corrected chi connectivity index (χ2v) is 26.1. The fourth-order valence-electron chi connectivity index (χ4n) is 13.8. The summed E-state index contributed by atoms with van der Waals surface area (Å²) in [5.74, 6) is 0. The van der Waals surface area contributed by atoms with Gasteiger partial charge in [-0.2, -0.15) is 0 Å². The Morgan fingerprint density at radius 3 is 1.22 bits per heavy atom. The van der Waals surface area contributed by atoms with Gasteiger partial charge in [0.15, 0.2) is 0 Å². The van der Waals surface area contributed by atoms with Gasteiger partial charge in [-0.15, -0.1) is 0 Å². The third kappa shape index (κ3) is 7.11. The van der Waals surface area contributed by atoms with E-state index in [-0.39, 0.29) is 10.8 Å². The lowest BCUT2D eigenvalue weighted by molar-refractivity contribution is 0.585. The molecule has 0 radical (unpaired) electrons. The Labute approximate surface area is 474 Å². The van der Waals surface area contributed by atoms with Crippen LogP contribution in [-0.2, 0) is 21.7 Å². The molecule has 0 bridgehead atoms. The molecule has 0 aromatic heterocycles. The van der Waals surface area contributed by atoms with E-state index in [1.165, 1.54) is 120 Å². The van der Waals surface area contributed by atoms with Gasteiger partial charge in [0.25, 0.3) is 0 Å². The van der Waals surface area contributed by atoms with Crippen LogP contribution in [0.15, 0.2) is 268 Å². The molecular formula is C76H59NS2. The minimum Gasteiger partial charge on any atom is -0.310 e. The van der Waals surface area contributed by atoms with E-state index >= 15 is 0 Å². The van der Waals surface area contributed by atoms with Gasteiger partial charge in [-0.25, -0.2) is 0 Å². The summed E-state index contributed by atoms with van der Waals surface area (Å²) >= 11 is 3.81. The lowest BCUT2D eigenvalue weighted by Crippen LogP contribution is -2.33. The van der Waals surface area contributed by atoms with Crippen LogP contribution in [0.1, 0.15) is 97.2 Å². The molecule has 11 aromatic rings. The SMILES string of the molecule is CC(C)(C)c1ccc2c(c1)C1(c3ccccc3Sc3ccc(N(c4ccc5c(c4)C4(c6ccccc6Sc6ccccc64)c4ccccc4-5)c4ccccc4-c4ccc(-c5ccccc5)cc4)cc31)c1cc(C(C)(C)C)ccc1-2. The first-order valence-electron chi connectivity index (χ1n) is 27.8. The van der Waals surface area contributed by atoms with E-state index in [1.54, 1.807) is 0 Å². The molecule has 0 saturated carbocycles. The number of anilines is 3. The molecule has 0 fully saturated rings. The molecule has 3 heteroatoms. The van der Waals surface area contributed by atoms with Crippen LogP contribution in [0, 0.1) is 0 Å². The Hall–Kier alpha value is -8.08. The number of fused-ring (bicyclic) bond motifs is 18. The van der Waals surface area contributed by atoms with Gasteiger partial charge < -0.3 is 4.90 Å². The van der Waals surface area contributed by atoms with Crippen molar-refractivity contribution in [1.29, 1.82) is 0 Å². The summed E-state index contributed by atoms with van der Waals surface area (Å²) < 4.78 is 0. The number of hydrogen-bond acceptors (Lipinski definition) is 3. The molecule has 11 aromatic carbocycles. The smallest absolute Gasteiger partial charge is 0.0736 e. The quantitative estimate of drug-likeness (QED) is 0.169. The molecule has 4 aliphatic rings. The molecule has 0 atom stereocenters. The fraction of sp³-hybridized carbons (Fsp3) is 0.132. The molecule has 2 spiro atoms. The van der Waals surface area contributed by atoms with Gasteiger partial charge in [-0.05, 0) is 160 Å². The van der Waals surface area contributed by atoms with E-state index in [0.29, 0.717) is 0 Å². The normalized spacial score (nSPS) is 14.6. The average molecular weight is 1050 g/mol. The summed E-state index contributed by atoms with van der Waals surface area (Å²) in [5, 5.41) is 0. The molecule has 380 valence electrons. The van der Waals surface area contributed by atoms with Gasteiger partial charge in [0.1, 0.15) is 0 Å². The molecule has 0 amide bonds. The Balaban J connectivity index is 1.02. The van der Waals surface area contributed by atoms with Crippen molar-refractivity contribution in [2.75, 3.05) is 4.90 Å². The zero-order valence-electron chi connectivity index (χ0n) is 45.4. The van der Waals surface area contributed by atoms with Crippen molar-refractivity contribution >= 4 is 40.6 Å². The number of benzene rings is 11. The van der Waals surface area contributed by atoms with Gasteiger partial charge >= 0.3 is 0 Å². The maximum atomic E-state index is 2.58. The fourth-order valence-corrected chi connectivity index (χ4v) is 16.2. The van der Waals surface area contributed by atoms with Gasteiger partial charge in [-0.3, -0.25) is 0 Å². The van der Waals surface area contributed by atoms with Crippen molar-refractivity contribution in [2.24, 2.45) is 0 Å². The van der Waals surface area contributed by atoms with Crippen LogP contribution >= 0.6 is 23.5 Å². The molecule has 0 N–H and O–H groups in total. The van der Waals surface area contributed by atoms with Crippen molar-refractivity contribution in [3.05, 3.63) is 304 Å². The van der Waals surface area contributed by atoms with Crippen LogP contribution < -0.4 is 4.90 Å². The van der Waals surface area contributed by atoms with Crippen molar-refractivity contribution in [3.63, 3.8) is 0 Å². The maximum Gasteiger partial charge on any atom is 0.0736 e. The molecule has 0 saturated heterocycles. The highest BCUT2D eigenvalue weighted by molar-refractivity contribution is 7.99. The van der Waals surface area contributed by atoms with E-state index in [4.69, 9.17) is 0 Å². The molecule has 0 unspecified atom stereocenters. The van der Waals surface area contributed by atoms with Crippen molar-refractivity contribution in [3.8, 4) is 44.5 Å². The summed E-state index contributed by atoms with van der Waals surface area (Å²) in [6.07, 6.45) is 0. The topological polar surface area (TPSA) is 3.24 Å². The molecule has 79 heavy (non-hydrogen) atoms. The summed E-state index contributed by atoms with van der Waals surface area (Å²) in [6.45, 7) is 14.1. The zero-order chi connectivity index (χ0) is 53.4. The van der Waals surface area contributed by atoms with E-state index in [9.17, 15) is 0 Å². The average Bonchev–Trinajstić information content (AvgIpc) is 2.39. The van der Waals surface area contributed by atoms with Crippen LogP contribution in [0.2, 0.25) is 0 Å². The third-order valence-electron chi connectivity index (χ3n) is 17.5. The van der Waals surface area contributed by atoms with Crippen LogP contribution in [0.3, 0.4) is 0 Å². The van der Waals surface area contributed by atoms with Gasteiger partial charge in [0.2, 0.25) is 0 Å². The van der Waals surface area contributed by atoms with E-state index in [2.05, 4.69) is 295 Å². The van der Waals surface area contributed by atoms with Gasteiger partial charge in [-0.1, -0.05) is 259 Å². The van der Waals surface area contributed by atoms with Crippen LogP contribution in [0.4, 0.5) is 17.1 Å². The second kappa shape index (κ2) is 17.7. The monoisotopic (exact) mass is 1050 g/mol. The number of rotatable bonds is 5. The zero-order valence-corrected chi connectivity index (χ0v) is 47.1. The Morgan fingerprint density at radius 2 is 0.658 bits per heavy atom. The first-order chi connectivity index (χ1) is 38.4. The number of para-hydroxylation sites is 1. The first kappa shape index (κ1) is 48.1. The van der Waals surface area contributed by atoms with E-state index < -0.39 is 10.8 Å². The van der Waals surface area contributed by atoms with Gasteiger partial charge in [0.05, 0.1) is 16.5 Å². The highest BCUT2D eigenvalue weighted by atomic mass is 32.2. The summed E-state index contributed by atoms with van der Waals surface area (Å²) in [5.41, 5.74) is 25.4. The molecule has 15 rings (SSSR count). The van der Waals surface area contributed by atoms with Crippen molar-refractivity contribution in [1.82, 2.24) is 0 Å². The lowest BCUT2D eigenvalue weighted by atomic mass is 9.66. The Kier molecular flexibility index (Phi) is 10.8. The largest absolute Gasteiger partial charge is 0.310 e. The Morgan fingerprint density at radius 1 is 0.278 bits per heavy atom. The lowest BCUT2D eigenvalue weighted by Gasteiger charge is -2.41. The van der Waals surface area contributed by atoms with Crippen LogP contribution in [0.5, 0.6) is 0 Å².